The fourth-order valence-corrected chi connectivity index (χ4v) is 3.46. The summed E-state index contributed by atoms with van der Waals surface area (Å²) in [7, 11) is 0. The van der Waals surface area contributed by atoms with Gasteiger partial charge < -0.3 is 9.73 Å². The van der Waals surface area contributed by atoms with Gasteiger partial charge in [-0.2, -0.15) is 0 Å². The second-order valence-corrected chi connectivity index (χ2v) is 7.01. The van der Waals surface area contributed by atoms with E-state index in [1.165, 1.54) is 12.8 Å². The molecule has 1 N–H and O–H groups in total. The molecule has 1 saturated heterocycles. The quantitative estimate of drug-likeness (QED) is 0.908. The number of fused-ring (bicyclic) bond motifs is 1. The van der Waals surface area contributed by atoms with Gasteiger partial charge in [-0.3, -0.25) is 14.3 Å². The van der Waals surface area contributed by atoms with E-state index in [9.17, 15) is 9.59 Å². The van der Waals surface area contributed by atoms with E-state index in [0.29, 0.717) is 24.7 Å². The van der Waals surface area contributed by atoms with Crippen LogP contribution in [0.3, 0.4) is 0 Å². The predicted octanol–water partition coefficient (Wildman–Crippen LogP) is 1.79. The molecule has 6 nitrogen and oxygen atoms in total. The number of amides is 1. The van der Waals surface area contributed by atoms with Crippen molar-refractivity contribution < 1.29 is 9.21 Å². The average Bonchev–Trinajstić information content (AvgIpc) is 3.38. The number of carbonyl (C=O) groups is 1. The molecule has 2 fully saturated rings. The van der Waals surface area contributed by atoms with Gasteiger partial charge in [0.05, 0.1) is 18.1 Å². The van der Waals surface area contributed by atoms with E-state index >= 15 is 0 Å². The lowest BCUT2D eigenvalue weighted by Gasteiger charge is -2.31. The maximum absolute atomic E-state index is 12.3. The minimum Gasteiger partial charge on any atom is -0.408 e. The van der Waals surface area contributed by atoms with Crippen LogP contribution < -0.4 is 11.1 Å². The molecule has 0 spiro atoms. The van der Waals surface area contributed by atoms with Crippen LogP contribution in [0.25, 0.3) is 11.1 Å². The first-order valence-corrected chi connectivity index (χ1v) is 8.79. The first-order chi connectivity index (χ1) is 11.7. The molecule has 1 aromatic heterocycles. The minimum atomic E-state index is -0.337. The Kier molecular flexibility index (Phi) is 4.14. The molecule has 1 aliphatic heterocycles. The third-order valence-electron chi connectivity index (χ3n) is 5.05. The first kappa shape index (κ1) is 15.4. The summed E-state index contributed by atoms with van der Waals surface area (Å²) in [6.45, 7) is 2.89. The normalized spacial score (nSPS) is 21.9. The molecule has 24 heavy (non-hydrogen) atoms. The van der Waals surface area contributed by atoms with Crippen molar-refractivity contribution in [3.63, 3.8) is 0 Å². The molecule has 1 amide bonds. The Morgan fingerprint density at radius 3 is 2.92 bits per heavy atom. The van der Waals surface area contributed by atoms with Gasteiger partial charge in [0.15, 0.2) is 5.58 Å². The highest BCUT2D eigenvalue weighted by Crippen LogP contribution is 2.28. The number of para-hydroxylation sites is 2. The third-order valence-corrected chi connectivity index (χ3v) is 5.05. The molecular weight excluding hydrogens is 306 g/mol. The van der Waals surface area contributed by atoms with Gasteiger partial charge in [0.2, 0.25) is 5.91 Å². The number of aromatic nitrogens is 1. The van der Waals surface area contributed by atoms with E-state index in [-0.39, 0.29) is 17.6 Å². The van der Waals surface area contributed by atoms with Gasteiger partial charge in [-0.05, 0) is 50.3 Å². The molecule has 0 bridgehead atoms. The fraction of sp³-hybridized carbons (Fsp3) is 0.556. The van der Waals surface area contributed by atoms with E-state index in [1.54, 1.807) is 10.6 Å². The Bertz CT molecular complexity index is 790. The summed E-state index contributed by atoms with van der Waals surface area (Å²) in [4.78, 5) is 26.6. The third kappa shape index (κ3) is 3.24. The summed E-state index contributed by atoms with van der Waals surface area (Å²) in [5.74, 6) is 0.545. The Morgan fingerprint density at radius 2 is 2.08 bits per heavy atom. The Labute approximate surface area is 140 Å². The number of hydrogen-bond acceptors (Lipinski definition) is 4. The van der Waals surface area contributed by atoms with E-state index in [0.717, 1.165) is 31.4 Å². The molecule has 128 valence electrons. The minimum absolute atomic E-state index is 0.0198. The van der Waals surface area contributed by atoms with Gasteiger partial charge in [0, 0.05) is 13.1 Å². The van der Waals surface area contributed by atoms with E-state index in [2.05, 4.69) is 10.2 Å². The molecule has 1 aromatic carbocycles. The fourth-order valence-electron chi connectivity index (χ4n) is 3.46. The standard InChI is InChI=1S/C18H23N3O3/c22-17(19-10-13-7-8-13)14-4-3-9-20(11-14)12-21-15-5-1-2-6-16(15)24-18(21)23/h1-2,5-6,13-14H,3-4,7-12H2,(H,19,22). The van der Waals surface area contributed by atoms with Crippen molar-refractivity contribution in [2.24, 2.45) is 11.8 Å². The Morgan fingerprint density at radius 1 is 1.25 bits per heavy atom. The highest BCUT2D eigenvalue weighted by atomic mass is 16.4. The molecule has 4 rings (SSSR count). The predicted molar refractivity (Wildman–Crippen MR) is 90.5 cm³/mol. The largest absolute Gasteiger partial charge is 0.421 e. The molecule has 1 atom stereocenters. The van der Waals surface area contributed by atoms with Gasteiger partial charge in [-0.25, -0.2) is 4.79 Å². The van der Waals surface area contributed by atoms with E-state index in [4.69, 9.17) is 4.42 Å². The number of carbonyl (C=O) groups excluding carboxylic acids is 1. The second kappa shape index (κ2) is 6.43. The highest BCUT2D eigenvalue weighted by Gasteiger charge is 2.28. The van der Waals surface area contributed by atoms with Crippen molar-refractivity contribution in [2.45, 2.75) is 32.4 Å². The molecule has 1 aliphatic carbocycles. The number of nitrogens with one attached hydrogen (secondary N) is 1. The molecule has 6 heteroatoms. The number of nitrogens with zero attached hydrogens (tertiary/aromatic N) is 2. The van der Waals surface area contributed by atoms with E-state index in [1.807, 2.05) is 18.2 Å². The van der Waals surface area contributed by atoms with Gasteiger partial charge >= 0.3 is 5.76 Å². The maximum atomic E-state index is 12.3. The number of hydrogen-bond donors (Lipinski definition) is 1. The van der Waals surface area contributed by atoms with Gasteiger partial charge in [0.1, 0.15) is 0 Å². The zero-order chi connectivity index (χ0) is 16.5. The molecular formula is C18H23N3O3. The average molecular weight is 329 g/mol. The summed E-state index contributed by atoms with van der Waals surface area (Å²) in [5, 5.41) is 3.08. The lowest BCUT2D eigenvalue weighted by Crippen LogP contribution is -2.44. The molecule has 2 aromatic rings. The Balaban J connectivity index is 1.43. The van der Waals surface area contributed by atoms with Gasteiger partial charge in [0.25, 0.3) is 0 Å². The molecule has 1 saturated carbocycles. The van der Waals surface area contributed by atoms with Crippen molar-refractivity contribution >= 4 is 17.0 Å². The van der Waals surface area contributed by atoms with Crippen molar-refractivity contribution in [3.8, 4) is 0 Å². The highest BCUT2D eigenvalue weighted by molar-refractivity contribution is 5.79. The number of piperidine rings is 1. The van der Waals surface area contributed by atoms with Crippen LogP contribution in [-0.4, -0.2) is 35.0 Å². The molecule has 2 heterocycles. The van der Waals surface area contributed by atoms with Crippen LogP contribution in [-0.2, 0) is 11.5 Å². The number of likely N-dealkylation sites (tertiary alicyclic amines) is 1. The topological polar surface area (TPSA) is 67.5 Å². The van der Waals surface area contributed by atoms with Crippen LogP contribution in [0.5, 0.6) is 0 Å². The summed E-state index contributed by atoms with van der Waals surface area (Å²) in [5.41, 5.74) is 1.42. The monoisotopic (exact) mass is 329 g/mol. The van der Waals surface area contributed by atoms with Crippen LogP contribution in [0.15, 0.2) is 33.5 Å². The Hall–Kier alpha value is -2.08. The van der Waals surface area contributed by atoms with Crippen molar-refractivity contribution in [2.75, 3.05) is 19.6 Å². The van der Waals surface area contributed by atoms with Crippen LogP contribution >= 0.6 is 0 Å². The van der Waals surface area contributed by atoms with Crippen molar-refractivity contribution in [3.05, 3.63) is 34.8 Å². The van der Waals surface area contributed by atoms with Crippen LogP contribution in [0, 0.1) is 11.8 Å². The van der Waals surface area contributed by atoms with Crippen LogP contribution in [0.4, 0.5) is 0 Å². The number of benzene rings is 1. The summed E-state index contributed by atoms with van der Waals surface area (Å²) < 4.78 is 6.94. The van der Waals surface area contributed by atoms with Gasteiger partial charge in [-0.15, -0.1) is 0 Å². The van der Waals surface area contributed by atoms with Crippen molar-refractivity contribution in [1.29, 1.82) is 0 Å². The maximum Gasteiger partial charge on any atom is 0.421 e. The summed E-state index contributed by atoms with van der Waals surface area (Å²) in [6.07, 6.45) is 4.39. The lowest BCUT2D eigenvalue weighted by atomic mass is 9.97. The number of rotatable bonds is 5. The summed E-state index contributed by atoms with van der Waals surface area (Å²) >= 11 is 0. The number of oxazole rings is 1. The first-order valence-electron chi connectivity index (χ1n) is 8.79. The molecule has 1 unspecified atom stereocenters. The van der Waals surface area contributed by atoms with Crippen molar-refractivity contribution in [1.82, 2.24) is 14.8 Å². The summed E-state index contributed by atoms with van der Waals surface area (Å²) in [6, 6.07) is 7.45. The van der Waals surface area contributed by atoms with Crippen LogP contribution in [0.1, 0.15) is 25.7 Å². The molecule has 2 aliphatic rings. The smallest absolute Gasteiger partial charge is 0.408 e. The van der Waals surface area contributed by atoms with Gasteiger partial charge in [-0.1, -0.05) is 12.1 Å². The zero-order valence-corrected chi connectivity index (χ0v) is 13.7. The SMILES string of the molecule is O=C(NCC1CC1)C1CCCN(Cn2c(=O)oc3ccccc32)C1. The van der Waals surface area contributed by atoms with E-state index < -0.39 is 0 Å². The van der Waals surface area contributed by atoms with Crippen LogP contribution in [0.2, 0.25) is 0 Å². The second-order valence-electron chi connectivity index (χ2n) is 7.01. The molecule has 0 radical (unpaired) electrons. The lowest BCUT2D eigenvalue weighted by molar-refractivity contribution is -0.127. The zero-order valence-electron chi connectivity index (χ0n) is 13.7.